The molecule has 0 saturated carbocycles. The first kappa shape index (κ1) is 14.2. The second kappa shape index (κ2) is 4.39. The third-order valence-corrected chi connectivity index (χ3v) is 5.25. The molecule has 2 aromatic heterocycles. The molecule has 0 aliphatic carbocycles. The number of fused-ring (bicyclic) bond motifs is 10. The fraction of sp³-hybridized carbons (Fsp3) is 0. The van der Waals surface area contributed by atoms with Crippen molar-refractivity contribution >= 4 is 55.4 Å². The number of imide groups is 1. The van der Waals surface area contributed by atoms with E-state index in [1.54, 1.807) is 36.4 Å². The first-order valence-corrected chi connectivity index (χ1v) is 8.33. The molecular weight excluding hydrogens is 346 g/mol. The van der Waals surface area contributed by atoms with Crippen LogP contribution in [0.25, 0.3) is 43.6 Å². The van der Waals surface area contributed by atoms with E-state index in [0.29, 0.717) is 43.8 Å². The maximum atomic E-state index is 12.6. The smallest absolute Gasteiger partial charge is 0.259 e. The molecule has 0 saturated heterocycles. The van der Waals surface area contributed by atoms with Crippen molar-refractivity contribution in [1.82, 2.24) is 15.3 Å². The summed E-state index contributed by atoms with van der Waals surface area (Å²) in [6, 6.07) is 9.71. The Kier molecular flexibility index (Phi) is 2.31. The monoisotopic (exact) mass is 357 g/mol. The Hall–Kier alpha value is -4.00. The molecule has 0 unspecified atom stereocenters. The second-order valence-corrected chi connectivity index (χ2v) is 6.74. The van der Waals surface area contributed by atoms with Crippen molar-refractivity contribution in [2.75, 3.05) is 0 Å². The number of phenolic OH excluding ortho intramolecular Hbond substituents is 2. The predicted octanol–water partition coefficient (Wildman–Crippen LogP) is 3.25. The van der Waals surface area contributed by atoms with Gasteiger partial charge in [0.15, 0.2) is 0 Å². The number of hydrogen-bond donors (Lipinski definition) is 5. The average Bonchev–Trinajstić information content (AvgIpc) is 3.25. The standard InChI is InChI=1S/C20H11N3O4/c24-7-2-4-11-10(5-7)14-16-15(19(26)23-20(16)27)13-9-3-1-8(25)6-12(9)22-17(13)18(14)21-11/h1-6,21-22,24-25H,(H,23,26,27). The van der Waals surface area contributed by atoms with Crippen LogP contribution in [0.15, 0.2) is 36.4 Å². The number of aromatic amines is 2. The van der Waals surface area contributed by atoms with Gasteiger partial charge < -0.3 is 20.2 Å². The Morgan fingerprint density at radius 1 is 0.667 bits per heavy atom. The molecule has 130 valence electrons. The lowest BCUT2D eigenvalue weighted by Gasteiger charge is -2.03. The van der Waals surface area contributed by atoms with Crippen LogP contribution in [0.3, 0.4) is 0 Å². The summed E-state index contributed by atoms with van der Waals surface area (Å²) in [6.45, 7) is 0. The van der Waals surface area contributed by atoms with Crippen LogP contribution in [-0.2, 0) is 0 Å². The van der Waals surface area contributed by atoms with E-state index in [-0.39, 0.29) is 11.5 Å². The zero-order valence-electron chi connectivity index (χ0n) is 13.7. The van der Waals surface area contributed by atoms with Crippen LogP contribution in [0, 0.1) is 0 Å². The van der Waals surface area contributed by atoms with E-state index in [2.05, 4.69) is 15.3 Å². The van der Waals surface area contributed by atoms with Crippen molar-refractivity contribution in [3.63, 3.8) is 0 Å². The van der Waals surface area contributed by atoms with Gasteiger partial charge in [-0.3, -0.25) is 14.9 Å². The fourth-order valence-corrected chi connectivity index (χ4v) is 4.19. The van der Waals surface area contributed by atoms with E-state index < -0.39 is 11.8 Å². The van der Waals surface area contributed by atoms with Crippen molar-refractivity contribution in [3.05, 3.63) is 47.5 Å². The fourth-order valence-electron chi connectivity index (χ4n) is 4.19. The third-order valence-electron chi connectivity index (χ3n) is 5.25. The number of benzene rings is 3. The first-order chi connectivity index (χ1) is 13.0. The molecule has 7 heteroatoms. The number of carbonyl (C=O) groups excluding carboxylic acids is 2. The number of rotatable bonds is 0. The molecule has 27 heavy (non-hydrogen) atoms. The summed E-state index contributed by atoms with van der Waals surface area (Å²) in [7, 11) is 0. The van der Waals surface area contributed by atoms with Gasteiger partial charge in [0.2, 0.25) is 0 Å². The molecule has 6 rings (SSSR count). The van der Waals surface area contributed by atoms with Crippen molar-refractivity contribution in [2.45, 2.75) is 0 Å². The molecule has 0 spiro atoms. The quantitative estimate of drug-likeness (QED) is 0.273. The van der Waals surface area contributed by atoms with Crippen LogP contribution in [0.1, 0.15) is 20.7 Å². The zero-order valence-corrected chi connectivity index (χ0v) is 13.7. The summed E-state index contributed by atoms with van der Waals surface area (Å²) in [4.78, 5) is 31.8. The van der Waals surface area contributed by atoms with Gasteiger partial charge in [-0.15, -0.1) is 0 Å². The molecule has 3 heterocycles. The second-order valence-electron chi connectivity index (χ2n) is 6.74. The Labute approximate surface area is 150 Å². The number of H-pyrrole nitrogens is 2. The highest BCUT2D eigenvalue weighted by Gasteiger charge is 2.34. The van der Waals surface area contributed by atoms with Crippen LogP contribution in [0.2, 0.25) is 0 Å². The highest BCUT2D eigenvalue weighted by atomic mass is 16.3. The minimum absolute atomic E-state index is 0.0727. The lowest BCUT2D eigenvalue weighted by molar-refractivity contribution is 0.0880. The van der Waals surface area contributed by atoms with Crippen LogP contribution >= 0.6 is 0 Å². The van der Waals surface area contributed by atoms with E-state index >= 15 is 0 Å². The maximum absolute atomic E-state index is 12.6. The summed E-state index contributed by atoms with van der Waals surface area (Å²) in [5, 5.41) is 24.7. The van der Waals surface area contributed by atoms with Crippen molar-refractivity contribution in [2.24, 2.45) is 0 Å². The van der Waals surface area contributed by atoms with Crippen molar-refractivity contribution < 1.29 is 19.8 Å². The summed E-state index contributed by atoms with van der Waals surface area (Å²) in [5.74, 6) is -0.739. The number of carbonyl (C=O) groups is 2. The Balaban J connectivity index is 1.99. The normalized spacial score (nSPS) is 13.9. The van der Waals surface area contributed by atoms with Crippen LogP contribution in [0.5, 0.6) is 11.5 Å². The van der Waals surface area contributed by atoms with E-state index in [0.717, 1.165) is 10.9 Å². The Bertz CT molecular complexity index is 1510. The number of aromatic hydroxyl groups is 2. The highest BCUT2D eigenvalue weighted by Crippen LogP contribution is 2.42. The Morgan fingerprint density at radius 3 is 2.00 bits per heavy atom. The van der Waals surface area contributed by atoms with E-state index in [9.17, 15) is 19.8 Å². The topological polar surface area (TPSA) is 118 Å². The molecule has 2 amide bonds. The van der Waals surface area contributed by atoms with Crippen molar-refractivity contribution in [3.8, 4) is 11.5 Å². The number of phenols is 2. The SMILES string of the molecule is O=C1NC(=O)c2c1c1c3ccc(O)cc3[nH]c1c1[nH]c3ccc(O)cc3c21. The largest absolute Gasteiger partial charge is 0.508 e. The third kappa shape index (κ3) is 1.61. The summed E-state index contributed by atoms with van der Waals surface area (Å²) < 4.78 is 0. The average molecular weight is 357 g/mol. The van der Waals surface area contributed by atoms with Gasteiger partial charge in [0.05, 0.1) is 27.7 Å². The van der Waals surface area contributed by atoms with E-state index in [4.69, 9.17) is 0 Å². The van der Waals surface area contributed by atoms with Gasteiger partial charge >= 0.3 is 0 Å². The van der Waals surface area contributed by atoms with Crippen LogP contribution < -0.4 is 5.32 Å². The van der Waals surface area contributed by atoms with Gasteiger partial charge in [-0.2, -0.15) is 0 Å². The molecule has 0 bridgehead atoms. The summed E-state index contributed by atoms with van der Waals surface area (Å²) in [6.07, 6.45) is 0. The molecule has 0 radical (unpaired) electrons. The van der Waals surface area contributed by atoms with Crippen LogP contribution in [0.4, 0.5) is 0 Å². The van der Waals surface area contributed by atoms with Gasteiger partial charge in [0, 0.05) is 33.1 Å². The molecule has 5 N–H and O–H groups in total. The molecule has 5 aromatic rings. The molecule has 1 aliphatic heterocycles. The summed E-state index contributed by atoms with van der Waals surface area (Å²) >= 11 is 0. The number of nitrogens with one attached hydrogen (secondary N) is 3. The van der Waals surface area contributed by atoms with Gasteiger partial charge in [-0.25, -0.2) is 0 Å². The van der Waals surface area contributed by atoms with E-state index in [1.807, 2.05) is 0 Å². The number of aromatic nitrogens is 2. The zero-order chi connectivity index (χ0) is 18.4. The first-order valence-electron chi connectivity index (χ1n) is 8.33. The van der Waals surface area contributed by atoms with Gasteiger partial charge in [-0.05, 0) is 30.3 Å². The maximum Gasteiger partial charge on any atom is 0.259 e. The number of amides is 2. The molecular formula is C20H11N3O4. The van der Waals surface area contributed by atoms with E-state index in [1.165, 1.54) is 0 Å². The van der Waals surface area contributed by atoms with Crippen molar-refractivity contribution in [1.29, 1.82) is 0 Å². The van der Waals surface area contributed by atoms with Gasteiger partial charge in [0.25, 0.3) is 11.8 Å². The predicted molar refractivity (Wildman–Crippen MR) is 100 cm³/mol. The van der Waals surface area contributed by atoms with Gasteiger partial charge in [-0.1, -0.05) is 0 Å². The lowest BCUT2D eigenvalue weighted by Crippen LogP contribution is -2.20. The molecule has 7 nitrogen and oxygen atoms in total. The highest BCUT2D eigenvalue weighted by molar-refractivity contribution is 6.39. The minimum Gasteiger partial charge on any atom is -0.508 e. The molecule has 1 aliphatic rings. The molecule has 0 fully saturated rings. The molecule has 0 atom stereocenters. The Morgan fingerprint density at radius 2 is 1.26 bits per heavy atom. The summed E-state index contributed by atoms with van der Waals surface area (Å²) in [5.41, 5.74) is 3.35. The molecule has 3 aromatic carbocycles. The van der Waals surface area contributed by atoms with Gasteiger partial charge in [0.1, 0.15) is 11.5 Å². The number of hydrogen-bond acceptors (Lipinski definition) is 4. The lowest BCUT2D eigenvalue weighted by atomic mass is 9.96. The van der Waals surface area contributed by atoms with Crippen LogP contribution in [-0.4, -0.2) is 32.0 Å². The minimum atomic E-state index is -0.459.